The van der Waals surface area contributed by atoms with Crippen molar-refractivity contribution in [3.05, 3.63) is 0 Å². The Morgan fingerprint density at radius 3 is 1.02 bits per heavy atom. The van der Waals surface area contributed by atoms with Crippen LogP contribution in [0.1, 0.15) is 218 Å². The zero-order valence-electron chi connectivity index (χ0n) is 66.0. The van der Waals surface area contributed by atoms with E-state index in [1.165, 1.54) is 19.0 Å². The van der Waals surface area contributed by atoms with E-state index >= 15 is 0 Å². The van der Waals surface area contributed by atoms with Crippen LogP contribution in [0.5, 0.6) is 0 Å². The molecule has 5 aliphatic carbocycles. The van der Waals surface area contributed by atoms with Crippen LogP contribution in [0.25, 0.3) is 0 Å². The monoisotopic (exact) mass is 1440 g/mol. The Hall–Kier alpha value is -6.80. The van der Waals surface area contributed by atoms with E-state index in [0.717, 1.165) is 38.5 Å². The van der Waals surface area contributed by atoms with Gasteiger partial charge in [-0.05, 0) is 149 Å². The number of carbonyl (C=O) groups is 12. The first kappa shape index (κ1) is 84.1. The quantitative estimate of drug-likeness (QED) is 0.0460. The minimum Gasteiger partial charge on any atom is -0.480 e. The average Bonchev–Trinajstić information content (AvgIpc) is 1.54. The van der Waals surface area contributed by atoms with Gasteiger partial charge < -0.3 is 76.3 Å². The van der Waals surface area contributed by atoms with Crippen LogP contribution in [0.15, 0.2) is 0 Å². The SMILES string of the molecule is CC(C)(C)OC(=O)N[C@H](C(=O)N1C[C@H]2[C@@H]([C@H]1C(=O)O)C2(C)C)C(C)(C)C.CNC(=O)C(=O)C(CC1CCC1)NC(=O)[C@@H]1[C@@H]2[C@H](CN1C(=O)[C@@H](NC(=O)OC(C)(C)C)C(C)(C)C)C2(C)C.CNC(=O)C(O)C(CC1CCC1)NC(=O)[C@@H]1[C@@H]2[C@H](CN1C(=O)[C@@H](NC(=O)OC(C)(C)C)C(C)(C)C)C2(C)C. The van der Waals surface area contributed by atoms with Gasteiger partial charge in [-0.2, -0.15) is 0 Å². The molecule has 0 aromatic rings. The minimum atomic E-state index is -1.38. The van der Waals surface area contributed by atoms with Crippen molar-refractivity contribution in [1.29, 1.82) is 0 Å². The van der Waals surface area contributed by atoms with E-state index in [1.54, 1.807) is 72.1 Å². The third-order valence-electron chi connectivity index (χ3n) is 22.5. The number of piperidine rings is 3. The number of ketones is 1. The lowest BCUT2D eigenvalue weighted by atomic mass is 9.79. The maximum absolute atomic E-state index is 14.0. The lowest BCUT2D eigenvalue weighted by Gasteiger charge is -2.38. The number of amides is 10. The number of likely N-dealkylation sites (tertiary alicyclic amines) is 3. The maximum Gasteiger partial charge on any atom is 0.408 e. The van der Waals surface area contributed by atoms with Crippen LogP contribution < -0.4 is 37.2 Å². The number of aliphatic carboxylic acids is 1. The molecule has 578 valence electrons. The van der Waals surface area contributed by atoms with Crippen molar-refractivity contribution in [2.75, 3.05) is 33.7 Å². The van der Waals surface area contributed by atoms with Crippen LogP contribution in [0.3, 0.4) is 0 Å². The number of ether oxygens (including phenoxy) is 3. The van der Waals surface area contributed by atoms with Gasteiger partial charge in [0.05, 0.1) is 12.1 Å². The summed E-state index contributed by atoms with van der Waals surface area (Å²) in [5.74, 6) is -3.87. The molecule has 8 fully saturated rings. The lowest BCUT2D eigenvalue weighted by Crippen LogP contribution is -2.61. The molecule has 0 spiro atoms. The highest BCUT2D eigenvalue weighted by Crippen LogP contribution is 2.67. The number of likely N-dealkylation sites (N-methyl/N-ethyl adjacent to an activating group) is 2. The maximum atomic E-state index is 14.0. The Morgan fingerprint density at radius 2 is 0.745 bits per heavy atom. The summed E-state index contributed by atoms with van der Waals surface area (Å²) in [5, 5.41) is 39.1. The molecule has 5 saturated carbocycles. The number of rotatable bonds is 19. The Kier molecular flexibility index (Phi) is 25.0. The molecular formula is C75H126N10O17. The van der Waals surface area contributed by atoms with Crippen molar-refractivity contribution in [2.24, 2.45) is 79.8 Å². The molecule has 0 aromatic carbocycles. The molecule has 8 rings (SSSR count). The summed E-state index contributed by atoms with van der Waals surface area (Å²) in [5.41, 5.74) is -4.32. The zero-order valence-corrected chi connectivity index (χ0v) is 66.0. The first-order chi connectivity index (χ1) is 46.3. The number of hydrogen-bond acceptors (Lipinski definition) is 16. The predicted molar refractivity (Wildman–Crippen MR) is 381 cm³/mol. The van der Waals surface area contributed by atoms with Crippen LogP contribution in [-0.4, -0.2) is 201 Å². The van der Waals surface area contributed by atoms with E-state index in [9.17, 15) is 67.7 Å². The second-order valence-corrected chi connectivity index (χ2v) is 38.1. The summed E-state index contributed by atoms with van der Waals surface area (Å²) >= 11 is 0. The smallest absolute Gasteiger partial charge is 0.408 e. The molecule has 0 radical (unpaired) electrons. The lowest BCUT2D eigenvalue weighted by molar-refractivity contribution is -0.152. The van der Waals surface area contributed by atoms with Gasteiger partial charge in [0, 0.05) is 39.6 Å². The van der Waals surface area contributed by atoms with Crippen molar-refractivity contribution in [1.82, 2.24) is 51.9 Å². The molecule has 8 aliphatic rings. The van der Waals surface area contributed by atoms with Crippen LogP contribution >= 0.6 is 0 Å². The minimum absolute atomic E-state index is 0.0360. The number of fused-ring (bicyclic) bond motifs is 3. The summed E-state index contributed by atoms with van der Waals surface area (Å²) in [4.78, 5) is 160. The number of nitrogens with zero attached hydrogens (tertiary/aromatic N) is 3. The van der Waals surface area contributed by atoms with Crippen molar-refractivity contribution in [3.63, 3.8) is 0 Å². The largest absolute Gasteiger partial charge is 0.480 e. The standard InChI is InChI=1S/C28H48N4O6.C28H46N4O6.C19H32N2O5/c2*1-26(2,3)21(31-25(37)38-27(4,5)6)24(36)32-14-16-18(28(16,7)8)19(32)22(34)30-17(13-15-11-10-12-15)20(33)23(35)29-9;1-17(2,3)13(20-16(25)26-18(4,5)6)14(22)21-9-10-11(19(10,7)8)12(21)15(23)24/h15-21,33H,10-14H2,1-9H3,(H,29,35)(H,30,34)(H,31,37);15-19,21H,10-14H2,1-9H3,(H,29,35)(H,30,34)(H,31,37);10-13H,9H2,1-8H3,(H,20,25)(H,23,24)/t16-,17?,18-,19-,20?,21+;16-,17?,18-,19-,21+;10-,11-,12-,13+/m000/s1. The first-order valence-electron chi connectivity index (χ1n) is 36.7. The summed E-state index contributed by atoms with van der Waals surface area (Å²) in [6.45, 7) is 46.0. The van der Waals surface area contributed by atoms with E-state index in [1.807, 2.05) is 76.2 Å². The van der Waals surface area contributed by atoms with Crippen molar-refractivity contribution < 1.29 is 82.0 Å². The number of Topliss-reactive ketones (excluding diaryl/α,β-unsaturated/α-hetero) is 1. The van der Waals surface area contributed by atoms with Crippen LogP contribution in [0, 0.1) is 79.8 Å². The summed E-state index contributed by atoms with van der Waals surface area (Å²) in [6.07, 6.45) is 3.56. The number of aliphatic hydroxyl groups is 1. The predicted octanol–water partition coefficient (Wildman–Crippen LogP) is 7.08. The number of alkyl carbamates (subject to hydrolysis) is 3. The van der Waals surface area contributed by atoms with Gasteiger partial charge in [0.1, 0.15) is 53.1 Å². The molecule has 10 amide bonds. The third kappa shape index (κ3) is 19.8. The summed E-state index contributed by atoms with van der Waals surface area (Å²) in [7, 11) is 2.84. The highest BCUT2D eigenvalue weighted by Gasteiger charge is 2.72. The second kappa shape index (κ2) is 30.3. The van der Waals surface area contributed by atoms with E-state index in [0.29, 0.717) is 38.4 Å². The number of carbonyl (C=O) groups excluding carboxylic acids is 11. The molecule has 3 heterocycles. The fourth-order valence-electron chi connectivity index (χ4n) is 15.9. The Balaban J connectivity index is 0.000000245. The second-order valence-electron chi connectivity index (χ2n) is 38.1. The van der Waals surface area contributed by atoms with Gasteiger partial charge in [-0.25, -0.2) is 19.2 Å². The topological polar surface area (TPSA) is 367 Å². The normalized spacial score (nSPS) is 26.8. The molecule has 27 heteroatoms. The number of carboxylic acid groups (broad SMARTS) is 1. The fourth-order valence-corrected chi connectivity index (χ4v) is 15.9. The molecule has 0 aromatic heterocycles. The van der Waals surface area contributed by atoms with Gasteiger partial charge in [-0.3, -0.25) is 38.4 Å². The molecule has 3 unspecified atom stereocenters. The number of hydrogen-bond donors (Lipinski definition) is 9. The highest BCUT2D eigenvalue weighted by molar-refractivity contribution is 6.38. The van der Waals surface area contributed by atoms with E-state index in [2.05, 4.69) is 64.9 Å². The van der Waals surface area contributed by atoms with E-state index in [4.69, 9.17) is 14.2 Å². The first-order valence-corrected chi connectivity index (χ1v) is 36.7. The van der Waals surface area contributed by atoms with Crippen LogP contribution in [0.4, 0.5) is 14.4 Å². The van der Waals surface area contributed by atoms with Gasteiger partial charge in [0.25, 0.3) is 11.8 Å². The summed E-state index contributed by atoms with van der Waals surface area (Å²) < 4.78 is 16.1. The van der Waals surface area contributed by atoms with Crippen molar-refractivity contribution in [2.45, 2.75) is 289 Å². The average molecular weight is 1440 g/mol. The van der Waals surface area contributed by atoms with E-state index < -0.39 is 135 Å². The Labute approximate surface area is 605 Å². The van der Waals surface area contributed by atoms with Crippen molar-refractivity contribution >= 4 is 71.4 Å². The molecule has 15 atom stereocenters. The molecule has 3 aliphatic heterocycles. The van der Waals surface area contributed by atoms with Gasteiger partial charge in [0.2, 0.25) is 35.3 Å². The van der Waals surface area contributed by atoms with Gasteiger partial charge in [0.15, 0.2) is 6.10 Å². The van der Waals surface area contributed by atoms with Crippen molar-refractivity contribution in [3.8, 4) is 0 Å². The highest BCUT2D eigenvalue weighted by atomic mass is 16.6. The molecule has 27 nitrogen and oxygen atoms in total. The van der Waals surface area contributed by atoms with Gasteiger partial charge in [-0.15, -0.1) is 0 Å². The zero-order chi connectivity index (χ0) is 77.8. The molecule has 0 bridgehead atoms. The van der Waals surface area contributed by atoms with Gasteiger partial charge >= 0.3 is 24.2 Å². The molecule has 102 heavy (non-hydrogen) atoms. The Morgan fingerprint density at radius 1 is 0.441 bits per heavy atom. The number of carboxylic acids is 1. The van der Waals surface area contributed by atoms with E-state index in [-0.39, 0.29) is 81.3 Å². The van der Waals surface area contributed by atoms with Crippen LogP contribution in [0.2, 0.25) is 0 Å². The molecular weight excluding hydrogens is 1310 g/mol. The third-order valence-corrected chi connectivity index (χ3v) is 22.5. The fraction of sp³-hybridized carbons (Fsp3) is 0.840. The molecule has 9 N–H and O–H groups in total. The van der Waals surface area contributed by atoms with Crippen LogP contribution in [-0.2, 0) is 57.4 Å². The number of nitrogens with one attached hydrogen (secondary N) is 7. The van der Waals surface area contributed by atoms with Gasteiger partial charge in [-0.1, -0.05) is 142 Å². The molecule has 3 saturated heterocycles. The summed E-state index contributed by atoms with van der Waals surface area (Å²) in [6, 6.07) is -6.77. The Bertz CT molecular complexity index is 3170. The number of aliphatic hydroxyl groups excluding tert-OH is 1.